The zero-order valence-electron chi connectivity index (χ0n) is 24.3. The summed E-state index contributed by atoms with van der Waals surface area (Å²) in [5.74, 6) is 0.842. The van der Waals surface area contributed by atoms with Gasteiger partial charge in [-0.15, -0.1) is 23.5 Å². The molecule has 44 heavy (non-hydrogen) atoms. The van der Waals surface area contributed by atoms with Gasteiger partial charge in [0.05, 0.1) is 8.39 Å². The standard InChI is InChI=1S/C40H32S4/c1-2-28-11-13-29(14-12-28)17-24-38(44-40(42)37-23-21-32-8-4-6-10-35(32)26-37)33-18-15-30(16-19-33)27-43-39(41)36-22-20-31-7-3-5-9-34(31)25-36/h2-16,18-23,25-26,38H,1,17,24,27H2. The van der Waals surface area contributed by atoms with Gasteiger partial charge in [-0.05, 0) is 79.9 Å². The van der Waals surface area contributed by atoms with Crippen LogP contribution >= 0.6 is 48.0 Å². The molecule has 0 N–H and O–H groups in total. The Kier molecular flexibility index (Phi) is 10.0. The summed E-state index contributed by atoms with van der Waals surface area (Å²) in [6.45, 7) is 3.88. The molecule has 0 fully saturated rings. The van der Waals surface area contributed by atoms with Crippen molar-refractivity contribution in [2.45, 2.75) is 23.8 Å². The number of hydrogen-bond acceptors (Lipinski definition) is 4. The molecule has 1 unspecified atom stereocenters. The zero-order chi connectivity index (χ0) is 30.3. The van der Waals surface area contributed by atoms with E-state index in [9.17, 15) is 0 Å². The van der Waals surface area contributed by atoms with Crippen LogP contribution in [-0.4, -0.2) is 8.39 Å². The fourth-order valence-corrected chi connectivity index (χ4v) is 7.92. The first-order valence-corrected chi connectivity index (χ1v) is 17.4. The van der Waals surface area contributed by atoms with Crippen LogP contribution in [0.2, 0.25) is 0 Å². The predicted octanol–water partition coefficient (Wildman–Crippen LogP) is 12.0. The molecule has 0 heterocycles. The Hall–Kier alpha value is -3.54. The number of fused-ring (bicyclic) bond motifs is 2. The van der Waals surface area contributed by atoms with Crippen molar-refractivity contribution in [3.05, 3.63) is 173 Å². The summed E-state index contributed by atoms with van der Waals surface area (Å²) in [6, 6.07) is 47.6. The molecule has 0 saturated carbocycles. The highest BCUT2D eigenvalue weighted by atomic mass is 32.2. The first kappa shape index (κ1) is 30.5. The minimum atomic E-state index is 0.244. The van der Waals surface area contributed by atoms with E-state index in [4.69, 9.17) is 24.4 Å². The van der Waals surface area contributed by atoms with Crippen LogP contribution in [0.25, 0.3) is 27.6 Å². The van der Waals surface area contributed by atoms with Crippen molar-refractivity contribution < 1.29 is 0 Å². The highest BCUT2D eigenvalue weighted by Crippen LogP contribution is 2.37. The molecule has 0 saturated heterocycles. The number of hydrogen-bond donors (Lipinski definition) is 0. The molecule has 0 spiro atoms. The molecule has 0 nitrogen and oxygen atoms in total. The predicted molar refractivity (Wildman–Crippen MR) is 204 cm³/mol. The van der Waals surface area contributed by atoms with Crippen LogP contribution in [0.1, 0.15) is 45.1 Å². The van der Waals surface area contributed by atoms with Crippen LogP contribution in [0.5, 0.6) is 0 Å². The third-order valence-electron chi connectivity index (χ3n) is 7.85. The summed E-state index contributed by atoms with van der Waals surface area (Å²) in [5.41, 5.74) is 7.26. The number of rotatable bonds is 10. The quantitative estimate of drug-likeness (QED) is 0.137. The van der Waals surface area contributed by atoms with Gasteiger partial charge in [0.1, 0.15) is 0 Å². The molecule has 0 aromatic heterocycles. The maximum absolute atomic E-state index is 6.03. The Morgan fingerprint density at radius 2 is 1.16 bits per heavy atom. The second kappa shape index (κ2) is 14.5. The molecule has 0 aliphatic carbocycles. The van der Waals surface area contributed by atoms with Gasteiger partial charge >= 0.3 is 0 Å². The molecule has 6 rings (SSSR count). The van der Waals surface area contributed by atoms with Gasteiger partial charge in [-0.2, -0.15) is 0 Å². The summed E-state index contributed by atoms with van der Waals surface area (Å²) in [4.78, 5) is 0. The van der Waals surface area contributed by atoms with Gasteiger partial charge in [0, 0.05) is 11.0 Å². The molecular formula is C40H32S4. The van der Waals surface area contributed by atoms with Gasteiger partial charge in [0.15, 0.2) is 0 Å². The zero-order valence-corrected chi connectivity index (χ0v) is 27.6. The highest BCUT2D eigenvalue weighted by molar-refractivity contribution is 8.24. The lowest BCUT2D eigenvalue weighted by Gasteiger charge is -2.19. The van der Waals surface area contributed by atoms with Crippen molar-refractivity contribution in [1.82, 2.24) is 0 Å². The lowest BCUT2D eigenvalue weighted by Crippen LogP contribution is -2.03. The Balaban J connectivity index is 1.16. The molecule has 6 aromatic rings. The number of thiocarbonyl (C=S) groups is 2. The fourth-order valence-electron chi connectivity index (χ4n) is 5.30. The van der Waals surface area contributed by atoms with E-state index in [1.54, 1.807) is 23.5 Å². The maximum Gasteiger partial charge on any atom is 0.0784 e. The molecule has 0 aliphatic heterocycles. The Morgan fingerprint density at radius 1 is 0.614 bits per heavy atom. The van der Waals surface area contributed by atoms with E-state index < -0.39 is 0 Å². The summed E-state index contributed by atoms with van der Waals surface area (Å²) in [7, 11) is 0. The van der Waals surface area contributed by atoms with E-state index in [2.05, 4.69) is 140 Å². The molecule has 216 valence electrons. The van der Waals surface area contributed by atoms with Gasteiger partial charge in [-0.3, -0.25) is 0 Å². The monoisotopic (exact) mass is 640 g/mol. The van der Waals surface area contributed by atoms with E-state index >= 15 is 0 Å². The molecule has 4 heteroatoms. The average Bonchev–Trinajstić information content (AvgIpc) is 3.09. The third kappa shape index (κ3) is 7.57. The minimum Gasteiger partial charge on any atom is -0.109 e. The molecule has 0 amide bonds. The number of benzene rings is 6. The Bertz CT molecular complexity index is 1940. The Morgan fingerprint density at radius 3 is 1.75 bits per heavy atom. The van der Waals surface area contributed by atoms with Crippen LogP contribution < -0.4 is 0 Å². The largest absolute Gasteiger partial charge is 0.109 e. The molecule has 0 bridgehead atoms. The number of thioether (sulfide) groups is 2. The van der Waals surface area contributed by atoms with Gasteiger partial charge < -0.3 is 0 Å². The van der Waals surface area contributed by atoms with E-state index in [1.165, 1.54) is 38.2 Å². The van der Waals surface area contributed by atoms with Crippen molar-refractivity contribution in [3.8, 4) is 0 Å². The molecule has 0 radical (unpaired) electrons. The van der Waals surface area contributed by atoms with Crippen LogP contribution in [-0.2, 0) is 12.2 Å². The first-order valence-electron chi connectivity index (χ1n) is 14.7. The lowest BCUT2D eigenvalue weighted by molar-refractivity contribution is 0.805. The molecule has 1 atom stereocenters. The van der Waals surface area contributed by atoms with Crippen molar-refractivity contribution in [2.75, 3.05) is 0 Å². The maximum atomic E-state index is 6.03. The van der Waals surface area contributed by atoms with E-state index in [0.29, 0.717) is 0 Å². The normalized spacial score (nSPS) is 11.8. The topological polar surface area (TPSA) is 0 Å². The van der Waals surface area contributed by atoms with Gasteiger partial charge in [0.25, 0.3) is 0 Å². The summed E-state index contributed by atoms with van der Waals surface area (Å²) < 4.78 is 1.86. The van der Waals surface area contributed by atoms with Crippen LogP contribution in [0.15, 0.2) is 140 Å². The van der Waals surface area contributed by atoms with Gasteiger partial charge in [-0.25, -0.2) is 0 Å². The molecule has 6 aromatic carbocycles. The molecule has 0 aliphatic rings. The number of aryl methyl sites for hydroxylation is 1. The van der Waals surface area contributed by atoms with Gasteiger partial charge in [0.2, 0.25) is 0 Å². The summed E-state index contributed by atoms with van der Waals surface area (Å²) >= 11 is 15.4. The van der Waals surface area contributed by atoms with Crippen molar-refractivity contribution in [1.29, 1.82) is 0 Å². The van der Waals surface area contributed by atoms with E-state index in [1.807, 2.05) is 6.08 Å². The second-order valence-electron chi connectivity index (χ2n) is 10.8. The SMILES string of the molecule is C=Cc1ccc(CCC(SC(=S)c2ccc3ccccc3c2)c2ccc(CSC(=S)c3ccc4ccccc4c3)cc2)cc1. The van der Waals surface area contributed by atoms with Crippen LogP contribution in [0.3, 0.4) is 0 Å². The fraction of sp³-hybridized carbons (Fsp3) is 0.100. The molecular weight excluding hydrogens is 609 g/mol. The lowest BCUT2D eigenvalue weighted by atomic mass is 10.0. The van der Waals surface area contributed by atoms with Gasteiger partial charge in [-0.1, -0.05) is 158 Å². The second-order valence-corrected chi connectivity index (χ2v) is 14.4. The van der Waals surface area contributed by atoms with Crippen LogP contribution in [0, 0.1) is 0 Å². The smallest absolute Gasteiger partial charge is 0.0784 e. The van der Waals surface area contributed by atoms with Crippen LogP contribution in [0.4, 0.5) is 0 Å². The van der Waals surface area contributed by atoms with E-state index in [0.717, 1.165) is 43.7 Å². The minimum absolute atomic E-state index is 0.244. The Labute approximate surface area is 279 Å². The van der Waals surface area contributed by atoms with Crippen molar-refractivity contribution in [2.24, 2.45) is 0 Å². The van der Waals surface area contributed by atoms with Crippen molar-refractivity contribution in [3.63, 3.8) is 0 Å². The van der Waals surface area contributed by atoms with E-state index in [-0.39, 0.29) is 5.25 Å². The summed E-state index contributed by atoms with van der Waals surface area (Å²) in [6.07, 6.45) is 3.86. The summed E-state index contributed by atoms with van der Waals surface area (Å²) in [5, 5.41) is 5.15. The first-order chi connectivity index (χ1) is 21.6. The van der Waals surface area contributed by atoms with Crippen molar-refractivity contribution >= 4 is 84.0 Å². The average molecular weight is 641 g/mol. The highest BCUT2D eigenvalue weighted by Gasteiger charge is 2.17. The third-order valence-corrected chi connectivity index (χ3v) is 11.2.